The van der Waals surface area contributed by atoms with E-state index in [-0.39, 0.29) is 13.1 Å². The molecular formula is C14H19FN2O3. The van der Waals surface area contributed by atoms with E-state index in [9.17, 15) is 14.0 Å². The maximum absolute atomic E-state index is 13.4. The van der Waals surface area contributed by atoms with Gasteiger partial charge in [0, 0.05) is 18.7 Å². The van der Waals surface area contributed by atoms with Crippen molar-refractivity contribution >= 4 is 12.0 Å². The van der Waals surface area contributed by atoms with E-state index in [0.29, 0.717) is 5.56 Å². The van der Waals surface area contributed by atoms with Gasteiger partial charge >= 0.3 is 12.0 Å². The van der Waals surface area contributed by atoms with Crippen LogP contribution in [-0.2, 0) is 11.3 Å². The first-order chi connectivity index (χ1) is 9.30. The zero-order valence-electron chi connectivity index (χ0n) is 11.8. The standard InChI is InChI=1S/C14H19FN2O3/c1-4-17(14(2,3)12(18)19)13(20)16-9-10-7-5-6-8-11(10)15/h5-8H,4,9H2,1-3H3,(H,16,20)(H,18,19). The highest BCUT2D eigenvalue weighted by atomic mass is 19.1. The predicted octanol–water partition coefficient (Wildman–Crippen LogP) is 2.22. The average molecular weight is 282 g/mol. The van der Waals surface area contributed by atoms with Crippen LogP contribution in [0.2, 0.25) is 0 Å². The lowest BCUT2D eigenvalue weighted by molar-refractivity contribution is -0.147. The molecule has 0 spiro atoms. The highest BCUT2D eigenvalue weighted by molar-refractivity contribution is 5.85. The molecule has 1 aromatic carbocycles. The van der Waals surface area contributed by atoms with Gasteiger partial charge in [0.25, 0.3) is 0 Å². The maximum Gasteiger partial charge on any atom is 0.329 e. The van der Waals surface area contributed by atoms with E-state index < -0.39 is 23.4 Å². The van der Waals surface area contributed by atoms with E-state index in [2.05, 4.69) is 5.32 Å². The van der Waals surface area contributed by atoms with Crippen LogP contribution < -0.4 is 5.32 Å². The Morgan fingerprint density at radius 3 is 2.45 bits per heavy atom. The quantitative estimate of drug-likeness (QED) is 0.870. The summed E-state index contributed by atoms with van der Waals surface area (Å²) < 4.78 is 13.4. The molecule has 0 unspecified atom stereocenters. The number of nitrogens with one attached hydrogen (secondary N) is 1. The molecular weight excluding hydrogens is 263 g/mol. The Bertz CT molecular complexity index is 503. The molecule has 0 atom stereocenters. The van der Waals surface area contributed by atoms with Crippen LogP contribution in [0.3, 0.4) is 0 Å². The lowest BCUT2D eigenvalue weighted by atomic mass is 10.0. The molecule has 2 N–H and O–H groups in total. The smallest absolute Gasteiger partial charge is 0.329 e. The van der Waals surface area contributed by atoms with Crippen molar-refractivity contribution in [3.8, 4) is 0 Å². The zero-order valence-corrected chi connectivity index (χ0v) is 11.8. The van der Waals surface area contributed by atoms with Crippen LogP contribution in [0.25, 0.3) is 0 Å². The summed E-state index contributed by atoms with van der Waals surface area (Å²) >= 11 is 0. The third-order valence-corrected chi connectivity index (χ3v) is 3.15. The van der Waals surface area contributed by atoms with Gasteiger partial charge in [0.2, 0.25) is 0 Å². The largest absolute Gasteiger partial charge is 0.480 e. The molecule has 0 aliphatic carbocycles. The molecule has 0 bridgehead atoms. The van der Waals surface area contributed by atoms with E-state index in [1.54, 1.807) is 25.1 Å². The summed E-state index contributed by atoms with van der Waals surface area (Å²) in [6, 6.07) is 5.56. The number of aliphatic carboxylic acids is 1. The Hall–Kier alpha value is -2.11. The first-order valence-corrected chi connectivity index (χ1v) is 6.33. The van der Waals surface area contributed by atoms with E-state index in [1.165, 1.54) is 24.8 Å². The van der Waals surface area contributed by atoms with Crippen molar-refractivity contribution in [2.45, 2.75) is 32.9 Å². The Balaban J connectivity index is 2.75. The molecule has 0 aliphatic rings. The van der Waals surface area contributed by atoms with Gasteiger partial charge in [0.15, 0.2) is 0 Å². The molecule has 0 aromatic heterocycles. The van der Waals surface area contributed by atoms with Crippen molar-refractivity contribution in [1.82, 2.24) is 10.2 Å². The molecule has 1 aromatic rings. The molecule has 1 rings (SSSR count). The second-order valence-electron chi connectivity index (χ2n) is 4.86. The van der Waals surface area contributed by atoms with Crippen molar-refractivity contribution in [2.24, 2.45) is 0 Å². The number of carboxylic acids is 1. The highest BCUT2D eigenvalue weighted by Gasteiger charge is 2.36. The Kier molecular flexibility index (Phi) is 5.07. The molecule has 6 heteroatoms. The molecule has 0 heterocycles. The zero-order chi connectivity index (χ0) is 15.3. The van der Waals surface area contributed by atoms with E-state index >= 15 is 0 Å². The topological polar surface area (TPSA) is 69.6 Å². The van der Waals surface area contributed by atoms with Gasteiger partial charge in [-0.1, -0.05) is 18.2 Å². The number of nitrogens with zero attached hydrogens (tertiary/aromatic N) is 1. The molecule has 0 saturated carbocycles. The minimum atomic E-state index is -1.33. The molecule has 0 fully saturated rings. The maximum atomic E-state index is 13.4. The fourth-order valence-electron chi connectivity index (χ4n) is 1.82. The lowest BCUT2D eigenvalue weighted by Crippen LogP contribution is -2.55. The van der Waals surface area contributed by atoms with Crippen molar-refractivity contribution in [1.29, 1.82) is 0 Å². The average Bonchev–Trinajstić information content (AvgIpc) is 2.38. The van der Waals surface area contributed by atoms with Crippen LogP contribution in [0, 0.1) is 5.82 Å². The van der Waals surface area contributed by atoms with Crippen molar-refractivity contribution < 1.29 is 19.1 Å². The van der Waals surface area contributed by atoms with Gasteiger partial charge in [-0.25, -0.2) is 14.0 Å². The summed E-state index contributed by atoms with van der Waals surface area (Å²) in [6.45, 7) is 4.83. The predicted molar refractivity (Wildman–Crippen MR) is 72.7 cm³/mol. The molecule has 110 valence electrons. The van der Waals surface area contributed by atoms with Crippen molar-refractivity contribution in [3.05, 3.63) is 35.6 Å². The summed E-state index contributed by atoms with van der Waals surface area (Å²) in [5.74, 6) is -1.51. The number of carboxylic acid groups (broad SMARTS) is 1. The molecule has 20 heavy (non-hydrogen) atoms. The third kappa shape index (κ3) is 3.46. The number of carbonyl (C=O) groups excluding carboxylic acids is 1. The van der Waals surface area contributed by atoms with Crippen molar-refractivity contribution in [3.63, 3.8) is 0 Å². The van der Waals surface area contributed by atoms with Crippen LogP contribution >= 0.6 is 0 Å². The number of rotatable bonds is 5. The molecule has 0 aliphatic heterocycles. The molecule has 5 nitrogen and oxygen atoms in total. The van der Waals surface area contributed by atoms with Gasteiger partial charge in [-0.05, 0) is 26.8 Å². The molecule has 0 radical (unpaired) electrons. The van der Waals surface area contributed by atoms with Gasteiger partial charge in [-0.15, -0.1) is 0 Å². The number of hydrogen-bond donors (Lipinski definition) is 2. The summed E-state index contributed by atoms with van der Waals surface area (Å²) in [5, 5.41) is 11.7. The summed E-state index contributed by atoms with van der Waals surface area (Å²) in [5.41, 5.74) is -0.973. The number of halogens is 1. The number of hydrogen-bond acceptors (Lipinski definition) is 2. The lowest BCUT2D eigenvalue weighted by Gasteiger charge is -2.34. The molecule has 0 saturated heterocycles. The third-order valence-electron chi connectivity index (χ3n) is 3.15. The minimum absolute atomic E-state index is 0.0116. The first kappa shape index (κ1) is 15.9. The number of benzene rings is 1. The Morgan fingerprint density at radius 2 is 1.95 bits per heavy atom. The van der Waals surface area contributed by atoms with Crippen LogP contribution in [0.5, 0.6) is 0 Å². The normalized spacial score (nSPS) is 11.0. The summed E-state index contributed by atoms with van der Waals surface area (Å²) in [7, 11) is 0. The van der Waals surface area contributed by atoms with Crippen molar-refractivity contribution in [2.75, 3.05) is 6.54 Å². The highest BCUT2D eigenvalue weighted by Crippen LogP contribution is 2.15. The summed E-state index contributed by atoms with van der Waals surface area (Å²) in [4.78, 5) is 24.4. The van der Waals surface area contributed by atoms with Crippen LogP contribution in [0.4, 0.5) is 9.18 Å². The first-order valence-electron chi connectivity index (χ1n) is 6.33. The van der Waals surface area contributed by atoms with E-state index in [1.807, 2.05) is 0 Å². The second kappa shape index (κ2) is 6.36. The molecule has 2 amide bonds. The minimum Gasteiger partial charge on any atom is -0.480 e. The van der Waals surface area contributed by atoms with Gasteiger partial charge < -0.3 is 15.3 Å². The Labute approximate surface area is 117 Å². The number of amides is 2. The fourth-order valence-corrected chi connectivity index (χ4v) is 1.82. The number of urea groups is 1. The van der Waals surface area contributed by atoms with Crippen LogP contribution in [0.15, 0.2) is 24.3 Å². The van der Waals surface area contributed by atoms with Gasteiger partial charge in [0.05, 0.1) is 0 Å². The Morgan fingerprint density at radius 1 is 1.35 bits per heavy atom. The fraction of sp³-hybridized carbons (Fsp3) is 0.429. The van der Waals surface area contributed by atoms with Crippen LogP contribution in [-0.4, -0.2) is 34.1 Å². The van der Waals surface area contributed by atoms with Gasteiger partial charge in [-0.3, -0.25) is 0 Å². The van der Waals surface area contributed by atoms with Gasteiger partial charge in [-0.2, -0.15) is 0 Å². The van der Waals surface area contributed by atoms with Gasteiger partial charge in [0.1, 0.15) is 11.4 Å². The van der Waals surface area contributed by atoms with Crippen LogP contribution in [0.1, 0.15) is 26.3 Å². The summed E-state index contributed by atoms with van der Waals surface area (Å²) in [6.07, 6.45) is 0. The number of carbonyl (C=O) groups is 2. The van der Waals surface area contributed by atoms with E-state index in [4.69, 9.17) is 5.11 Å². The number of likely N-dealkylation sites (N-methyl/N-ethyl adjacent to an activating group) is 1. The second-order valence-corrected chi connectivity index (χ2v) is 4.86. The monoisotopic (exact) mass is 282 g/mol. The SMILES string of the molecule is CCN(C(=O)NCc1ccccc1F)C(C)(C)C(=O)O. The van der Waals surface area contributed by atoms with E-state index in [0.717, 1.165) is 0 Å².